The highest BCUT2D eigenvalue weighted by Crippen LogP contribution is 2.25. The lowest BCUT2D eigenvalue weighted by atomic mass is 9.89. The second-order valence-corrected chi connectivity index (χ2v) is 7.88. The molecule has 0 radical (unpaired) electrons. The Bertz CT molecular complexity index is 737. The Labute approximate surface area is 128 Å². The van der Waals surface area contributed by atoms with Crippen LogP contribution in [0.1, 0.15) is 22.4 Å². The fraction of sp³-hybridized carbons (Fsp3) is 0.333. The summed E-state index contributed by atoms with van der Waals surface area (Å²) in [4.78, 5) is 0.688. The van der Waals surface area contributed by atoms with Crippen molar-refractivity contribution in [3.63, 3.8) is 0 Å². The van der Waals surface area contributed by atoms with Crippen LogP contribution in [0.5, 0.6) is 0 Å². The van der Waals surface area contributed by atoms with Crippen LogP contribution in [0.2, 0.25) is 0 Å². The maximum Gasteiger partial charge on any atom is 0.242 e. The number of sulfonamides is 1. The van der Waals surface area contributed by atoms with E-state index in [0.29, 0.717) is 11.3 Å². The highest BCUT2D eigenvalue weighted by atomic mass is 32.2. The molecule has 2 aromatic rings. The molecular weight excluding hydrogens is 306 g/mol. The van der Waals surface area contributed by atoms with Crippen LogP contribution in [-0.4, -0.2) is 19.6 Å². The molecule has 1 aromatic heterocycles. The molecule has 1 heterocycles. The Morgan fingerprint density at radius 2 is 2.00 bits per heavy atom. The number of benzene rings is 1. The molecule has 0 saturated carbocycles. The largest absolute Gasteiger partial charge is 0.391 e. The number of fused-ring (bicyclic) bond motifs is 1. The highest BCUT2D eigenvalue weighted by Gasteiger charge is 2.26. The number of rotatable bonds is 4. The van der Waals surface area contributed by atoms with Crippen LogP contribution in [0.4, 0.5) is 0 Å². The van der Waals surface area contributed by atoms with Gasteiger partial charge in [0.15, 0.2) is 0 Å². The Hall–Kier alpha value is -1.21. The zero-order valence-corrected chi connectivity index (χ0v) is 13.1. The molecule has 0 amide bonds. The molecule has 1 unspecified atom stereocenters. The Morgan fingerprint density at radius 1 is 1.24 bits per heavy atom. The van der Waals surface area contributed by atoms with Crippen molar-refractivity contribution in [2.45, 2.75) is 36.8 Å². The van der Waals surface area contributed by atoms with Gasteiger partial charge in [-0.2, -0.15) is 0 Å². The summed E-state index contributed by atoms with van der Waals surface area (Å²) >= 11 is 1.26. The van der Waals surface area contributed by atoms with Crippen LogP contribution < -0.4 is 4.72 Å². The van der Waals surface area contributed by atoms with Gasteiger partial charge < -0.3 is 5.11 Å². The van der Waals surface area contributed by atoms with Gasteiger partial charge in [0.25, 0.3) is 0 Å². The van der Waals surface area contributed by atoms with Gasteiger partial charge in [0.2, 0.25) is 10.0 Å². The van der Waals surface area contributed by atoms with E-state index in [1.807, 2.05) is 12.1 Å². The van der Waals surface area contributed by atoms with Crippen LogP contribution in [0.25, 0.3) is 0 Å². The average Bonchev–Trinajstić information content (AvgIpc) is 2.96. The predicted molar refractivity (Wildman–Crippen MR) is 82.8 cm³/mol. The third-order valence-electron chi connectivity index (χ3n) is 3.81. The Morgan fingerprint density at radius 3 is 2.76 bits per heavy atom. The first-order chi connectivity index (χ1) is 10.1. The number of hydrogen-bond acceptors (Lipinski definition) is 4. The number of nitrogens with one attached hydrogen (secondary N) is 1. The standard InChI is InChI=1S/C15H17NO3S2/c17-10-14-15(7-8-20-14)21(18,19)16-13-6-5-11-3-1-2-4-12(11)9-13/h1-4,7-8,13,16-17H,5-6,9-10H2. The summed E-state index contributed by atoms with van der Waals surface area (Å²) in [5.74, 6) is 0. The van der Waals surface area contributed by atoms with Crippen molar-refractivity contribution in [3.05, 3.63) is 51.7 Å². The van der Waals surface area contributed by atoms with Gasteiger partial charge in [0, 0.05) is 10.9 Å². The number of hydrogen-bond donors (Lipinski definition) is 2. The topological polar surface area (TPSA) is 66.4 Å². The lowest BCUT2D eigenvalue weighted by molar-refractivity contribution is 0.282. The normalized spacial score (nSPS) is 18.4. The monoisotopic (exact) mass is 323 g/mol. The molecule has 6 heteroatoms. The van der Waals surface area contributed by atoms with E-state index in [0.717, 1.165) is 12.8 Å². The minimum atomic E-state index is -3.56. The lowest BCUT2D eigenvalue weighted by Gasteiger charge is -2.25. The van der Waals surface area contributed by atoms with Crippen molar-refractivity contribution in [2.24, 2.45) is 0 Å². The van der Waals surface area contributed by atoms with Gasteiger partial charge in [0.05, 0.1) is 11.5 Å². The molecule has 0 aliphatic heterocycles. The van der Waals surface area contributed by atoms with Crippen molar-refractivity contribution < 1.29 is 13.5 Å². The summed E-state index contributed by atoms with van der Waals surface area (Å²) in [5, 5.41) is 10.9. The molecule has 2 N–H and O–H groups in total. The Kier molecular flexibility index (Phi) is 4.12. The Balaban J connectivity index is 1.79. The summed E-state index contributed by atoms with van der Waals surface area (Å²) in [5.41, 5.74) is 2.52. The summed E-state index contributed by atoms with van der Waals surface area (Å²) in [6.45, 7) is -0.249. The van der Waals surface area contributed by atoms with E-state index in [4.69, 9.17) is 0 Å². The first kappa shape index (κ1) is 14.7. The van der Waals surface area contributed by atoms with Crippen molar-refractivity contribution >= 4 is 21.4 Å². The SMILES string of the molecule is O=S(=O)(NC1CCc2ccccc2C1)c1ccsc1CO. The molecule has 1 atom stereocenters. The van der Waals surface area contributed by atoms with Gasteiger partial charge in [0.1, 0.15) is 0 Å². The quantitative estimate of drug-likeness (QED) is 0.905. The highest BCUT2D eigenvalue weighted by molar-refractivity contribution is 7.89. The molecule has 1 aliphatic carbocycles. The maximum absolute atomic E-state index is 12.4. The first-order valence-corrected chi connectivity index (χ1v) is 9.23. The zero-order valence-electron chi connectivity index (χ0n) is 11.5. The van der Waals surface area contributed by atoms with E-state index in [1.165, 1.54) is 22.5 Å². The van der Waals surface area contributed by atoms with Crippen LogP contribution in [0.3, 0.4) is 0 Å². The third kappa shape index (κ3) is 3.03. The summed E-state index contributed by atoms with van der Waals surface area (Å²) in [6, 6.07) is 9.62. The summed E-state index contributed by atoms with van der Waals surface area (Å²) in [6.07, 6.45) is 2.41. The van der Waals surface area contributed by atoms with Crippen molar-refractivity contribution in [1.29, 1.82) is 0 Å². The van der Waals surface area contributed by atoms with Crippen molar-refractivity contribution in [1.82, 2.24) is 4.72 Å². The van der Waals surface area contributed by atoms with Gasteiger partial charge >= 0.3 is 0 Å². The predicted octanol–water partition coefficient (Wildman–Crippen LogP) is 2.08. The van der Waals surface area contributed by atoms with Crippen LogP contribution >= 0.6 is 11.3 Å². The van der Waals surface area contributed by atoms with E-state index in [-0.39, 0.29) is 17.5 Å². The number of aliphatic hydroxyl groups is 1. The molecule has 0 bridgehead atoms. The van der Waals surface area contributed by atoms with E-state index in [1.54, 1.807) is 11.4 Å². The second-order valence-electron chi connectivity index (χ2n) is 5.20. The molecule has 0 spiro atoms. The molecule has 3 rings (SSSR count). The van der Waals surface area contributed by atoms with Crippen LogP contribution in [-0.2, 0) is 29.5 Å². The van der Waals surface area contributed by atoms with E-state index >= 15 is 0 Å². The fourth-order valence-corrected chi connectivity index (χ4v) is 5.33. The number of aryl methyl sites for hydroxylation is 1. The molecule has 0 fully saturated rings. The van der Waals surface area contributed by atoms with Gasteiger partial charge in [-0.25, -0.2) is 13.1 Å². The molecule has 21 heavy (non-hydrogen) atoms. The smallest absolute Gasteiger partial charge is 0.242 e. The van der Waals surface area contributed by atoms with Gasteiger partial charge in [-0.3, -0.25) is 0 Å². The molecular formula is C15H17NO3S2. The summed E-state index contributed by atoms with van der Waals surface area (Å²) < 4.78 is 27.7. The zero-order chi connectivity index (χ0) is 14.9. The number of thiophene rings is 1. The van der Waals surface area contributed by atoms with Gasteiger partial charge in [-0.05, 0) is 41.8 Å². The maximum atomic E-state index is 12.4. The lowest BCUT2D eigenvalue weighted by Crippen LogP contribution is -2.38. The minimum absolute atomic E-state index is 0.0867. The average molecular weight is 323 g/mol. The second kappa shape index (κ2) is 5.88. The molecule has 1 aliphatic rings. The van der Waals surface area contributed by atoms with Crippen molar-refractivity contribution in [2.75, 3.05) is 0 Å². The fourth-order valence-electron chi connectivity index (χ4n) is 2.76. The minimum Gasteiger partial charge on any atom is -0.391 e. The molecule has 0 saturated heterocycles. The summed E-state index contributed by atoms with van der Waals surface area (Å²) in [7, 11) is -3.56. The van der Waals surface area contributed by atoms with Crippen molar-refractivity contribution in [3.8, 4) is 0 Å². The van der Waals surface area contributed by atoms with E-state index in [2.05, 4.69) is 16.9 Å². The van der Waals surface area contributed by atoms with Crippen LogP contribution in [0.15, 0.2) is 40.6 Å². The molecule has 4 nitrogen and oxygen atoms in total. The van der Waals surface area contributed by atoms with E-state index < -0.39 is 10.0 Å². The van der Waals surface area contributed by atoms with Gasteiger partial charge in [-0.1, -0.05) is 24.3 Å². The number of aliphatic hydroxyl groups excluding tert-OH is 1. The van der Waals surface area contributed by atoms with Gasteiger partial charge in [-0.15, -0.1) is 11.3 Å². The molecule has 112 valence electrons. The molecule has 1 aromatic carbocycles. The first-order valence-electron chi connectivity index (χ1n) is 6.86. The van der Waals surface area contributed by atoms with E-state index in [9.17, 15) is 13.5 Å². The van der Waals surface area contributed by atoms with Crippen LogP contribution in [0, 0.1) is 0 Å². The third-order valence-corrected chi connectivity index (χ3v) is 6.45.